The molecule has 0 unspecified atom stereocenters. The van der Waals surface area contributed by atoms with Gasteiger partial charge in [-0.05, 0) is 24.3 Å². The van der Waals surface area contributed by atoms with E-state index in [1.165, 1.54) is 25.3 Å². The molecule has 1 N–H and O–H groups in total. The Morgan fingerprint density at radius 3 is 2.76 bits per heavy atom. The lowest BCUT2D eigenvalue weighted by molar-refractivity contribution is 0.0699. The molecule has 0 spiro atoms. The number of nitrogens with zero attached hydrogens (tertiary/aromatic N) is 1. The molecule has 0 aliphatic carbocycles. The van der Waals surface area contributed by atoms with Crippen molar-refractivity contribution in [1.82, 2.24) is 4.98 Å². The van der Waals surface area contributed by atoms with Crippen molar-refractivity contribution in [3.63, 3.8) is 0 Å². The van der Waals surface area contributed by atoms with Crippen LogP contribution in [0.1, 0.15) is 10.4 Å². The summed E-state index contributed by atoms with van der Waals surface area (Å²) in [5, 5.41) is 9.14. The van der Waals surface area contributed by atoms with Gasteiger partial charge >= 0.3 is 5.97 Å². The second-order valence-corrected chi connectivity index (χ2v) is 4.29. The van der Waals surface area contributed by atoms with Gasteiger partial charge in [-0.25, -0.2) is 14.2 Å². The van der Waals surface area contributed by atoms with Gasteiger partial charge in [-0.2, -0.15) is 0 Å². The van der Waals surface area contributed by atoms with Crippen molar-refractivity contribution in [2.45, 2.75) is 0 Å². The Morgan fingerprint density at radius 1 is 1.29 bits per heavy atom. The Hall–Kier alpha value is -2.89. The number of hydrogen-bond donors (Lipinski definition) is 1. The van der Waals surface area contributed by atoms with Crippen LogP contribution in [0.5, 0.6) is 5.75 Å². The molecule has 0 atom stereocenters. The highest BCUT2D eigenvalue weighted by atomic mass is 19.1. The fourth-order valence-electron chi connectivity index (χ4n) is 2.11. The van der Waals surface area contributed by atoms with Crippen LogP contribution in [-0.4, -0.2) is 23.2 Å². The molecule has 106 valence electrons. The van der Waals surface area contributed by atoms with Gasteiger partial charge in [0.05, 0.1) is 12.7 Å². The minimum Gasteiger partial charge on any atom is -0.496 e. The number of aromatic nitrogens is 1. The van der Waals surface area contributed by atoms with E-state index in [1.807, 2.05) is 0 Å². The minimum absolute atomic E-state index is 0.00203. The summed E-state index contributed by atoms with van der Waals surface area (Å²) >= 11 is 0. The standard InChI is InChI=1S/C15H10FNO4/c1-20-10-6-3-5-9(16)12(10)14-17-13-8(15(18)19)4-2-7-11(13)21-14/h2-7H,1H3,(H,18,19). The summed E-state index contributed by atoms with van der Waals surface area (Å²) in [5.41, 5.74) is 0.505. The number of rotatable bonds is 3. The molecule has 1 heterocycles. The summed E-state index contributed by atoms with van der Waals surface area (Å²) in [7, 11) is 1.41. The summed E-state index contributed by atoms with van der Waals surface area (Å²) in [6.45, 7) is 0. The molecular formula is C15H10FNO4. The van der Waals surface area contributed by atoms with Crippen molar-refractivity contribution in [1.29, 1.82) is 0 Å². The Kier molecular flexibility index (Phi) is 3.06. The Morgan fingerprint density at radius 2 is 2.05 bits per heavy atom. The van der Waals surface area contributed by atoms with E-state index in [1.54, 1.807) is 18.2 Å². The maximum Gasteiger partial charge on any atom is 0.338 e. The van der Waals surface area contributed by atoms with E-state index >= 15 is 0 Å². The van der Waals surface area contributed by atoms with Gasteiger partial charge in [-0.3, -0.25) is 0 Å². The number of methoxy groups -OCH3 is 1. The molecule has 0 saturated heterocycles. The van der Waals surface area contributed by atoms with Crippen LogP contribution in [-0.2, 0) is 0 Å². The summed E-state index contributed by atoms with van der Waals surface area (Å²) < 4.78 is 24.6. The van der Waals surface area contributed by atoms with Crippen LogP contribution in [0.3, 0.4) is 0 Å². The third-order valence-corrected chi connectivity index (χ3v) is 3.06. The van der Waals surface area contributed by atoms with E-state index in [0.717, 1.165) is 0 Å². The third-order valence-electron chi connectivity index (χ3n) is 3.06. The number of benzene rings is 2. The van der Waals surface area contributed by atoms with Gasteiger partial charge in [0, 0.05) is 0 Å². The third kappa shape index (κ3) is 2.10. The number of hydrogen-bond acceptors (Lipinski definition) is 4. The maximum atomic E-state index is 14.0. The lowest BCUT2D eigenvalue weighted by atomic mass is 10.2. The number of carbonyl (C=O) groups is 1. The molecule has 0 aliphatic heterocycles. The number of halogens is 1. The first-order valence-corrected chi connectivity index (χ1v) is 6.07. The number of ether oxygens (including phenoxy) is 1. The van der Waals surface area contributed by atoms with Crippen LogP contribution in [0.4, 0.5) is 4.39 Å². The number of carboxylic acid groups (broad SMARTS) is 1. The average molecular weight is 287 g/mol. The normalized spacial score (nSPS) is 10.8. The van der Waals surface area contributed by atoms with E-state index in [0.29, 0.717) is 0 Å². The predicted molar refractivity (Wildman–Crippen MR) is 72.9 cm³/mol. The SMILES string of the molecule is COc1cccc(F)c1-c1nc2c(C(=O)O)cccc2o1. The highest BCUT2D eigenvalue weighted by Crippen LogP contribution is 2.34. The second kappa shape index (κ2) is 4.90. The van der Waals surface area contributed by atoms with Crippen LogP contribution in [0, 0.1) is 5.82 Å². The molecule has 5 nitrogen and oxygen atoms in total. The van der Waals surface area contributed by atoms with Gasteiger partial charge < -0.3 is 14.3 Å². The summed E-state index contributed by atoms with van der Waals surface area (Å²) in [5.74, 6) is -1.44. The monoisotopic (exact) mass is 287 g/mol. The number of oxazole rings is 1. The van der Waals surface area contributed by atoms with Crippen molar-refractivity contribution in [2.24, 2.45) is 0 Å². The van der Waals surface area contributed by atoms with Crippen LogP contribution in [0.2, 0.25) is 0 Å². The molecular weight excluding hydrogens is 277 g/mol. The Balaban J connectivity index is 2.28. The second-order valence-electron chi connectivity index (χ2n) is 4.29. The molecule has 0 amide bonds. The Bertz CT molecular complexity index is 841. The average Bonchev–Trinajstić information content (AvgIpc) is 2.89. The summed E-state index contributed by atoms with van der Waals surface area (Å²) in [6, 6.07) is 8.86. The lowest BCUT2D eigenvalue weighted by Gasteiger charge is -2.05. The molecule has 3 aromatic rings. The van der Waals surface area contributed by atoms with E-state index < -0.39 is 11.8 Å². The zero-order valence-electron chi connectivity index (χ0n) is 11.0. The fourth-order valence-corrected chi connectivity index (χ4v) is 2.11. The first kappa shape index (κ1) is 13.1. The highest BCUT2D eigenvalue weighted by Gasteiger charge is 2.20. The predicted octanol–water partition coefficient (Wildman–Crippen LogP) is 3.34. The van der Waals surface area contributed by atoms with Gasteiger partial charge in [0.25, 0.3) is 0 Å². The van der Waals surface area contributed by atoms with Crippen LogP contribution >= 0.6 is 0 Å². The largest absolute Gasteiger partial charge is 0.496 e. The van der Waals surface area contributed by atoms with E-state index in [4.69, 9.17) is 14.3 Å². The van der Waals surface area contributed by atoms with E-state index in [9.17, 15) is 9.18 Å². The van der Waals surface area contributed by atoms with Gasteiger partial charge in [0.15, 0.2) is 5.58 Å². The number of para-hydroxylation sites is 1. The summed E-state index contributed by atoms with van der Waals surface area (Å²) in [6.07, 6.45) is 0. The van der Waals surface area contributed by atoms with Gasteiger partial charge in [0.1, 0.15) is 22.6 Å². The molecule has 6 heteroatoms. The van der Waals surface area contributed by atoms with Crippen LogP contribution < -0.4 is 4.74 Å². The first-order valence-electron chi connectivity index (χ1n) is 6.07. The van der Waals surface area contributed by atoms with Gasteiger partial charge in [0.2, 0.25) is 5.89 Å². The quantitative estimate of drug-likeness (QED) is 0.799. The van der Waals surface area contributed by atoms with E-state index in [2.05, 4.69) is 4.98 Å². The van der Waals surface area contributed by atoms with Crippen molar-refractivity contribution in [3.05, 3.63) is 47.8 Å². The zero-order chi connectivity index (χ0) is 15.0. The van der Waals surface area contributed by atoms with Gasteiger partial charge in [-0.15, -0.1) is 0 Å². The highest BCUT2D eigenvalue weighted by molar-refractivity contribution is 6.00. The minimum atomic E-state index is -1.12. The molecule has 0 aliphatic rings. The zero-order valence-corrected chi connectivity index (χ0v) is 11.0. The summed E-state index contributed by atoms with van der Waals surface area (Å²) in [4.78, 5) is 15.3. The molecule has 0 saturated carbocycles. The van der Waals surface area contributed by atoms with Crippen LogP contribution in [0.25, 0.3) is 22.6 Å². The molecule has 0 radical (unpaired) electrons. The van der Waals surface area contributed by atoms with Crippen LogP contribution in [0.15, 0.2) is 40.8 Å². The molecule has 0 bridgehead atoms. The number of carboxylic acids is 1. The maximum absolute atomic E-state index is 14.0. The number of aromatic carboxylic acids is 1. The van der Waals surface area contributed by atoms with Crippen molar-refractivity contribution >= 4 is 17.1 Å². The fraction of sp³-hybridized carbons (Fsp3) is 0.0667. The van der Waals surface area contributed by atoms with Crippen molar-refractivity contribution < 1.29 is 23.4 Å². The van der Waals surface area contributed by atoms with E-state index in [-0.39, 0.29) is 33.9 Å². The lowest BCUT2D eigenvalue weighted by Crippen LogP contribution is -1.97. The molecule has 21 heavy (non-hydrogen) atoms. The van der Waals surface area contributed by atoms with Gasteiger partial charge in [-0.1, -0.05) is 12.1 Å². The smallest absolute Gasteiger partial charge is 0.338 e. The molecule has 2 aromatic carbocycles. The Labute approximate surface area is 118 Å². The first-order chi connectivity index (χ1) is 10.1. The topological polar surface area (TPSA) is 72.6 Å². The molecule has 1 aromatic heterocycles. The molecule has 0 fully saturated rings. The molecule has 3 rings (SSSR count). The van der Waals surface area contributed by atoms with Crippen molar-refractivity contribution in [3.8, 4) is 17.2 Å². The van der Waals surface area contributed by atoms with Crippen molar-refractivity contribution in [2.75, 3.05) is 7.11 Å². The number of fused-ring (bicyclic) bond motifs is 1.